The lowest BCUT2D eigenvalue weighted by atomic mass is 10.2. The molecule has 0 radical (unpaired) electrons. The minimum atomic E-state index is 0.161. The van der Waals surface area contributed by atoms with Crippen LogP contribution in [-0.2, 0) is 9.47 Å². The fraction of sp³-hybridized carbons (Fsp3) is 1.00. The van der Waals surface area contributed by atoms with Crippen molar-refractivity contribution >= 4 is 0 Å². The van der Waals surface area contributed by atoms with Gasteiger partial charge < -0.3 is 14.6 Å². The highest BCUT2D eigenvalue weighted by Gasteiger charge is 2.21. The van der Waals surface area contributed by atoms with E-state index in [4.69, 9.17) is 14.6 Å². The first-order chi connectivity index (χ1) is 7.38. The van der Waals surface area contributed by atoms with E-state index in [0.717, 1.165) is 39.3 Å². The van der Waals surface area contributed by atoms with Gasteiger partial charge in [0.2, 0.25) is 0 Å². The number of rotatable bonds is 7. The van der Waals surface area contributed by atoms with E-state index in [1.54, 1.807) is 0 Å². The number of aliphatic hydroxyl groups excluding tert-OH is 1. The maximum absolute atomic E-state index is 9.14. The quantitative estimate of drug-likeness (QED) is 0.630. The highest BCUT2D eigenvalue weighted by Crippen LogP contribution is 2.05. The molecule has 0 saturated carbocycles. The van der Waals surface area contributed by atoms with Gasteiger partial charge in [0.05, 0.1) is 32.5 Å². The fourth-order valence-corrected chi connectivity index (χ4v) is 1.68. The van der Waals surface area contributed by atoms with Crippen LogP contribution in [0.2, 0.25) is 0 Å². The molecule has 0 bridgehead atoms. The maximum atomic E-state index is 9.14. The van der Waals surface area contributed by atoms with Gasteiger partial charge in [0.25, 0.3) is 0 Å². The molecule has 90 valence electrons. The predicted octanol–water partition coefficient (Wildman–Crippen LogP) is 0.496. The van der Waals surface area contributed by atoms with Gasteiger partial charge in [0.15, 0.2) is 0 Å². The molecular formula is C11H23NO3. The number of unbranched alkanes of at least 4 members (excludes halogenated alkanes) is 1. The van der Waals surface area contributed by atoms with E-state index in [2.05, 4.69) is 11.8 Å². The van der Waals surface area contributed by atoms with Crippen molar-refractivity contribution in [3.63, 3.8) is 0 Å². The molecule has 0 aromatic rings. The molecule has 1 heterocycles. The highest BCUT2D eigenvalue weighted by molar-refractivity contribution is 4.73. The zero-order valence-corrected chi connectivity index (χ0v) is 9.65. The summed E-state index contributed by atoms with van der Waals surface area (Å²) in [6, 6.07) is 0.161. The van der Waals surface area contributed by atoms with Crippen molar-refractivity contribution in [3.8, 4) is 0 Å². The molecule has 0 aliphatic carbocycles. The van der Waals surface area contributed by atoms with E-state index in [-0.39, 0.29) is 12.6 Å². The molecule has 1 N–H and O–H groups in total. The first kappa shape index (κ1) is 12.9. The summed E-state index contributed by atoms with van der Waals surface area (Å²) in [5, 5.41) is 9.14. The standard InChI is InChI=1S/C11H23NO3/c1-2-3-6-14-7-4-12-5-8-15-10-11(12)9-13/h11,13H,2-10H2,1H3. The highest BCUT2D eigenvalue weighted by atomic mass is 16.5. The molecule has 1 aliphatic heterocycles. The lowest BCUT2D eigenvalue weighted by Gasteiger charge is -2.34. The first-order valence-electron chi connectivity index (χ1n) is 5.89. The Bertz CT molecular complexity index is 155. The van der Waals surface area contributed by atoms with Gasteiger partial charge >= 0.3 is 0 Å². The van der Waals surface area contributed by atoms with Crippen molar-refractivity contribution in [1.82, 2.24) is 4.90 Å². The summed E-state index contributed by atoms with van der Waals surface area (Å²) < 4.78 is 10.8. The maximum Gasteiger partial charge on any atom is 0.0644 e. The largest absolute Gasteiger partial charge is 0.395 e. The predicted molar refractivity (Wildman–Crippen MR) is 59.0 cm³/mol. The smallest absolute Gasteiger partial charge is 0.0644 e. The summed E-state index contributed by atoms with van der Waals surface area (Å²) in [7, 11) is 0. The second-order valence-electron chi connectivity index (χ2n) is 3.91. The van der Waals surface area contributed by atoms with Crippen LogP contribution in [0, 0.1) is 0 Å². The van der Waals surface area contributed by atoms with Crippen molar-refractivity contribution in [2.75, 3.05) is 46.1 Å². The lowest BCUT2D eigenvalue weighted by Crippen LogP contribution is -2.48. The van der Waals surface area contributed by atoms with E-state index in [1.165, 1.54) is 6.42 Å². The van der Waals surface area contributed by atoms with E-state index >= 15 is 0 Å². The Kier molecular flexibility index (Phi) is 6.92. The molecule has 1 saturated heterocycles. The van der Waals surface area contributed by atoms with Gasteiger partial charge in [-0.3, -0.25) is 4.90 Å². The minimum absolute atomic E-state index is 0.161. The second-order valence-corrected chi connectivity index (χ2v) is 3.91. The molecule has 0 aromatic carbocycles. The molecule has 1 atom stereocenters. The third-order valence-corrected chi connectivity index (χ3v) is 2.73. The number of hydrogen-bond acceptors (Lipinski definition) is 4. The second kappa shape index (κ2) is 8.05. The van der Waals surface area contributed by atoms with Crippen molar-refractivity contribution in [3.05, 3.63) is 0 Å². The third-order valence-electron chi connectivity index (χ3n) is 2.73. The Morgan fingerprint density at radius 3 is 3.07 bits per heavy atom. The van der Waals surface area contributed by atoms with Crippen LogP contribution in [0.5, 0.6) is 0 Å². The minimum Gasteiger partial charge on any atom is -0.395 e. The third kappa shape index (κ3) is 4.93. The summed E-state index contributed by atoms with van der Waals surface area (Å²) in [6.07, 6.45) is 2.31. The zero-order chi connectivity index (χ0) is 10.9. The van der Waals surface area contributed by atoms with Crippen LogP contribution in [0.15, 0.2) is 0 Å². The Labute approximate surface area is 92.2 Å². The van der Waals surface area contributed by atoms with Crippen LogP contribution in [-0.4, -0.2) is 62.2 Å². The van der Waals surface area contributed by atoms with Gasteiger partial charge in [-0.2, -0.15) is 0 Å². The fourth-order valence-electron chi connectivity index (χ4n) is 1.68. The molecule has 1 unspecified atom stereocenters. The van der Waals surface area contributed by atoms with Gasteiger partial charge in [-0.1, -0.05) is 13.3 Å². The van der Waals surface area contributed by atoms with Crippen LogP contribution >= 0.6 is 0 Å². The summed E-state index contributed by atoms with van der Waals surface area (Å²) in [5.74, 6) is 0. The Morgan fingerprint density at radius 2 is 2.33 bits per heavy atom. The van der Waals surface area contributed by atoms with Gasteiger partial charge in [0.1, 0.15) is 0 Å². The first-order valence-corrected chi connectivity index (χ1v) is 5.89. The van der Waals surface area contributed by atoms with Gasteiger partial charge in [-0.15, -0.1) is 0 Å². The van der Waals surface area contributed by atoms with Gasteiger partial charge in [-0.05, 0) is 6.42 Å². The van der Waals surface area contributed by atoms with Crippen molar-refractivity contribution in [2.24, 2.45) is 0 Å². The van der Waals surface area contributed by atoms with Crippen molar-refractivity contribution < 1.29 is 14.6 Å². The van der Waals surface area contributed by atoms with Crippen LogP contribution in [0.1, 0.15) is 19.8 Å². The molecule has 0 aromatic heterocycles. The van der Waals surface area contributed by atoms with Crippen LogP contribution in [0.3, 0.4) is 0 Å². The summed E-state index contributed by atoms with van der Waals surface area (Å²) in [6.45, 7) is 7.17. The van der Waals surface area contributed by atoms with Crippen molar-refractivity contribution in [1.29, 1.82) is 0 Å². The average Bonchev–Trinajstić information content (AvgIpc) is 2.29. The molecule has 1 rings (SSSR count). The summed E-state index contributed by atoms with van der Waals surface area (Å²) in [5.41, 5.74) is 0. The molecule has 1 aliphatic rings. The van der Waals surface area contributed by atoms with Crippen molar-refractivity contribution in [2.45, 2.75) is 25.8 Å². The molecule has 15 heavy (non-hydrogen) atoms. The number of morpholine rings is 1. The Balaban J connectivity index is 2.07. The molecule has 0 spiro atoms. The summed E-state index contributed by atoms with van der Waals surface area (Å²) >= 11 is 0. The molecule has 4 nitrogen and oxygen atoms in total. The molecule has 0 amide bonds. The van der Waals surface area contributed by atoms with Gasteiger partial charge in [-0.25, -0.2) is 0 Å². The molecule has 4 heteroatoms. The number of aliphatic hydroxyl groups is 1. The van der Waals surface area contributed by atoms with Crippen LogP contribution < -0.4 is 0 Å². The number of ether oxygens (including phenoxy) is 2. The number of hydrogen-bond donors (Lipinski definition) is 1. The number of nitrogens with zero attached hydrogens (tertiary/aromatic N) is 1. The van der Waals surface area contributed by atoms with Crippen LogP contribution in [0.25, 0.3) is 0 Å². The monoisotopic (exact) mass is 217 g/mol. The van der Waals surface area contributed by atoms with E-state index in [0.29, 0.717) is 6.61 Å². The van der Waals surface area contributed by atoms with E-state index in [9.17, 15) is 0 Å². The molecule has 1 fully saturated rings. The Morgan fingerprint density at radius 1 is 1.47 bits per heavy atom. The summed E-state index contributed by atoms with van der Waals surface area (Å²) in [4.78, 5) is 2.25. The normalized spacial score (nSPS) is 23.2. The topological polar surface area (TPSA) is 41.9 Å². The van der Waals surface area contributed by atoms with E-state index < -0.39 is 0 Å². The lowest BCUT2D eigenvalue weighted by molar-refractivity contribution is -0.0377. The average molecular weight is 217 g/mol. The van der Waals surface area contributed by atoms with E-state index in [1.807, 2.05) is 0 Å². The van der Waals surface area contributed by atoms with Gasteiger partial charge in [0, 0.05) is 19.7 Å². The van der Waals surface area contributed by atoms with Crippen LogP contribution in [0.4, 0.5) is 0 Å². The SMILES string of the molecule is CCCCOCCN1CCOCC1CO. The molecular weight excluding hydrogens is 194 g/mol. The zero-order valence-electron chi connectivity index (χ0n) is 9.65. The Hall–Kier alpha value is -0.160.